The lowest BCUT2D eigenvalue weighted by molar-refractivity contribution is -0.384. The Labute approximate surface area is 289 Å². The summed E-state index contributed by atoms with van der Waals surface area (Å²) in [4.78, 5) is 41.6. The lowest BCUT2D eigenvalue weighted by Gasteiger charge is -2.32. The van der Waals surface area contributed by atoms with E-state index in [-0.39, 0.29) is 23.6 Å². The molecule has 12 nitrogen and oxygen atoms in total. The Morgan fingerprint density at radius 2 is 1.65 bits per heavy atom. The SMILES string of the molecule is COc1cc(CC(=O)N2CCN(C)CC2)ccc1-c1ccc(C(=O)NS(=O)(=O)c2ccc(NCCSc3ccccc3)c([N+](=O)[O-])c2)cc1. The Kier molecular flexibility index (Phi) is 11.5. The number of ether oxygens (including phenoxy) is 1. The molecule has 1 saturated heterocycles. The standard InChI is InChI=1S/C35H37N5O7S2/c1-38-17-19-39(20-18-38)34(41)23-25-8-14-30(33(22-25)47-2)26-9-11-27(12-10-26)35(42)37-49(45,46)29-13-15-31(32(24-29)40(43)44)36-16-21-48-28-6-4-3-5-7-28/h3-15,22,24,36H,16-21,23H2,1-2H3,(H,37,42). The molecule has 14 heteroatoms. The quantitative estimate of drug-likeness (QED) is 0.0851. The predicted molar refractivity (Wildman–Crippen MR) is 190 cm³/mol. The van der Waals surface area contributed by atoms with Gasteiger partial charge >= 0.3 is 0 Å². The van der Waals surface area contributed by atoms with Crippen LogP contribution in [0.1, 0.15) is 15.9 Å². The van der Waals surface area contributed by atoms with Crippen molar-refractivity contribution in [1.82, 2.24) is 14.5 Å². The molecular weight excluding hydrogens is 667 g/mol. The minimum Gasteiger partial charge on any atom is -0.496 e. The molecule has 0 aromatic heterocycles. The zero-order valence-corrected chi connectivity index (χ0v) is 28.8. The number of hydrogen-bond acceptors (Lipinski definition) is 10. The van der Waals surface area contributed by atoms with E-state index in [4.69, 9.17) is 4.74 Å². The fraction of sp³-hybridized carbons (Fsp3) is 0.257. The molecule has 256 valence electrons. The molecule has 5 rings (SSSR count). The highest BCUT2D eigenvalue weighted by molar-refractivity contribution is 7.99. The Morgan fingerprint density at radius 1 is 0.939 bits per heavy atom. The van der Waals surface area contributed by atoms with Gasteiger partial charge in [0.1, 0.15) is 11.4 Å². The van der Waals surface area contributed by atoms with Crippen LogP contribution < -0.4 is 14.8 Å². The van der Waals surface area contributed by atoms with Gasteiger partial charge in [-0.15, -0.1) is 11.8 Å². The second-order valence-electron chi connectivity index (χ2n) is 11.4. The fourth-order valence-electron chi connectivity index (χ4n) is 5.32. The van der Waals surface area contributed by atoms with Crippen molar-refractivity contribution in [1.29, 1.82) is 0 Å². The van der Waals surface area contributed by atoms with Crippen LogP contribution in [0.2, 0.25) is 0 Å². The second kappa shape index (κ2) is 16.0. The van der Waals surface area contributed by atoms with Crippen LogP contribution in [0.4, 0.5) is 11.4 Å². The van der Waals surface area contributed by atoms with Gasteiger partial charge in [0.05, 0.1) is 23.3 Å². The highest BCUT2D eigenvalue weighted by Crippen LogP contribution is 2.32. The molecule has 1 aliphatic rings. The maximum Gasteiger partial charge on any atom is 0.293 e. The molecule has 0 spiro atoms. The Bertz CT molecular complexity index is 1910. The monoisotopic (exact) mass is 703 g/mol. The first-order valence-corrected chi connectivity index (χ1v) is 18.0. The molecule has 1 aliphatic heterocycles. The van der Waals surface area contributed by atoms with E-state index >= 15 is 0 Å². The Hall–Kier alpha value is -4.92. The number of piperazine rings is 1. The summed E-state index contributed by atoms with van der Waals surface area (Å²) in [5, 5.41) is 14.8. The molecule has 4 aromatic rings. The normalized spacial score (nSPS) is 13.5. The number of thioether (sulfide) groups is 1. The third-order valence-electron chi connectivity index (χ3n) is 8.07. The van der Waals surface area contributed by atoms with Crippen LogP contribution in [0.15, 0.2) is 101 Å². The van der Waals surface area contributed by atoms with Gasteiger partial charge in [0.25, 0.3) is 21.6 Å². The van der Waals surface area contributed by atoms with Crippen molar-refractivity contribution >= 4 is 45.0 Å². The van der Waals surface area contributed by atoms with Crippen LogP contribution in [0.5, 0.6) is 5.75 Å². The lowest BCUT2D eigenvalue weighted by atomic mass is 10.00. The average molecular weight is 704 g/mol. The minimum absolute atomic E-state index is 0.0594. The van der Waals surface area contributed by atoms with Crippen LogP contribution in [-0.2, 0) is 21.2 Å². The van der Waals surface area contributed by atoms with Crippen LogP contribution in [0.25, 0.3) is 11.1 Å². The summed E-state index contributed by atoms with van der Waals surface area (Å²) >= 11 is 1.58. The first kappa shape index (κ1) is 35.4. The van der Waals surface area contributed by atoms with Crippen LogP contribution >= 0.6 is 11.8 Å². The molecule has 0 atom stereocenters. The summed E-state index contributed by atoms with van der Waals surface area (Å²) in [6.45, 7) is 3.50. The second-order valence-corrected chi connectivity index (χ2v) is 14.3. The van der Waals surface area contributed by atoms with Crippen molar-refractivity contribution in [3.8, 4) is 16.9 Å². The Morgan fingerprint density at radius 3 is 2.33 bits per heavy atom. The molecule has 2 N–H and O–H groups in total. The van der Waals surface area contributed by atoms with E-state index in [1.165, 1.54) is 31.4 Å². The molecule has 49 heavy (non-hydrogen) atoms. The van der Waals surface area contributed by atoms with Crippen LogP contribution in [0, 0.1) is 10.1 Å². The summed E-state index contributed by atoms with van der Waals surface area (Å²) in [6.07, 6.45) is 0.254. The van der Waals surface area contributed by atoms with Gasteiger partial charge in [-0.1, -0.05) is 42.5 Å². The number of hydrogen-bond donors (Lipinski definition) is 2. The number of amides is 2. The van der Waals surface area contributed by atoms with Crippen molar-refractivity contribution in [3.05, 3.63) is 112 Å². The van der Waals surface area contributed by atoms with Gasteiger partial charge in [0, 0.05) is 60.6 Å². The number of sulfonamides is 1. The highest BCUT2D eigenvalue weighted by Gasteiger charge is 2.24. The number of nitrogens with zero attached hydrogens (tertiary/aromatic N) is 3. The van der Waals surface area contributed by atoms with Gasteiger partial charge in [-0.2, -0.15) is 0 Å². The number of nitrogens with one attached hydrogen (secondary N) is 2. The van der Waals surface area contributed by atoms with Gasteiger partial charge < -0.3 is 19.9 Å². The number of likely N-dealkylation sites (N-methyl/N-ethyl adjacent to an activating group) is 1. The van der Waals surface area contributed by atoms with Gasteiger partial charge in [-0.3, -0.25) is 19.7 Å². The molecule has 1 fully saturated rings. The van der Waals surface area contributed by atoms with Crippen molar-refractivity contribution in [3.63, 3.8) is 0 Å². The molecule has 1 heterocycles. The third kappa shape index (κ3) is 9.16. The first-order chi connectivity index (χ1) is 23.5. The number of methoxy groups -OCH3 is 1. The van der Waals surface area contributed by atoms with Gasteiger partial charge in [0.2, 0.25) is 5.91 Å². The topological polar surface area (TPSA) is 151 Å². The maximum atomic E-state index is 13.1. The van der Waals surface area contributed by atoms with E-state index in [0.29, 0.717) is 36.7 Å². The summed E-state index contributed by atoms with van der Waals surface area (Å²) < 4.78 is 33.8. The van der Waals surface area contributed by atoms with Crippen molar-refractivity contribution in [2.75, 3.05) is 58.0 Å². The number of rotatable bonds is 13. The summed E-state index contributed by atoms with van der Waals surface area (Å²) in [6, 6.07) is 25.0. The molecule has 0 radical (unpaired) electrons. The highest BCUT2D eigenvalue weighted by atomic mass is 32.2. The van der Waals surface area contributed by atoms with E-state index < -0.39 is 31.4 Å². The van der Waals surface area contributed by atoms with Crippen molar-refractivity contribution in [2.24, 2.45) is 0 Å². The smallest absolute Gasteiger partial charge is 0.293 e. The van der Waals surface area contributed by atoms with E-state index in [9.17, 15) is 28.1 Å². The molecule has 4 aromatic carbocycles. The fourth-order valence-corrected chi connectivity index (χ4v) is 7.10. The molecule has 0 bridgehead atoms. The van der Waals surface area contributed by atoms with E-state index in [0.717, 1.165) is 35.2 Å². The summed E-state index contributed by atoms with van der Waals surface area (Å²) in [5.74, 6) is 0.355. The van der Waals surface area contributed by atoms with Crippen molar-refractivity contribution in [2.45, 2.75) is 16.2 Å². The number of anilines is 1. The van der Waals surface area contributed by atoms with E-state index in [1.807, 2.05) is 65.2 Å². The number of nitro benzene ring substituents is 1. The zero-order valence-electron chi connectivity index (χ0n) is 27.1. The zero-order chi connectivity index (χ0) is 35.0. The molecule has 2 amide bonds. The van der Waals surface area contributed by atoms with E-state index in [1.54, 1.807) is 23.9 Å². The molecular formula is C35H37N5O7S2. The number of benzene rings is 4. The maximum absolute atomic E-state index is 13.1. The van der Waals surface area contributed by atoms with E-state index in [2.05, 4.69) is 10.2 Å². The molecule has 0 aliphatic carbocycles. The molecule has 0 unspecified atom stereocenters. The van der Waals surface area contributed by atoms with Crippen molar-refractivity contribution < 1.29 is 27.7 Å². The Balaban J connectivity index is 1.22. The van der Waals surface area contributed by atoms with Crippen LogP contribution in [-0.4, -0.2) is 87.6 Å². The molecule has 0 saturated carbocycles. The van der Waals surface area contributed by atoms with Gasteiger partial charge in [0.15, 0.2) is 0 Å². The van der Waals surface area contributed by atoms with Crippen LogP contribution in [0.3, 0.4) is 0 Å². The summed E-state index contributed by atoms with van der Waals surface area (Å²) in [5.41, 5.74) is 2.09. The number of nitro groups is 1. The third-order valence-corrected chi connectivity index (χ3v) is 10.4. The largest absolute Gasteiger partial charge is 0.496 e. The number of carbonyl (C=O) groups excluding carboxylic acids is 2. The average Bonchev–Trinajstić information content (AvgIpc) is 3.10. The van der Waals surface area contributed by atoms with Gasteiger partial charge in [-0.05, 0) is 60.6 Å². The first-order valence-electron chi connectivity index (χ1n) is 15.5. The number of carbonyl (C=O) groups is 2. The lowest BCUT2D eigenvalue weighted by Crippen LogP contribution is -2.47. The predicted octanol–water partition coefficient (Wildman–Crippen LogP) is 4.91. The van der Waals surface area contributed by atoms with Gasteiger partial charge in [-0.25, -0.2) is 13.1 Å². The minimum atomic E-state index is -4.43. The summed E-state index contributed by atoms with van der Waals surface area (Å²) in [7, 11) is -0.856.